The average molecular weight is 359 g/mol. The number of halogens is 3. The zero-order valence-electron chi connectivity index (χ0n) is 13.7. The van der Waals surface area contributed by atoms with E-state index in [-0.39, 0.29) is 24.3 Å². The van der Waals surface area contributed by atoms with Crippen LogP contribution >= 0.6 is 0 Å². The molecule has 0 bridgehead atoms. The van der Waals surface area contributed by atoms with Gasteiger partial charge in [0.25, 0.3) is 5.91 Å². The summed E-state index contributed by atoms with van der Waals surface area (Å²) in [5, 5.41) is 8.14. The molecule has 0 spiro atoms. The molecule has 1 aliphatic heterocycles. The molecular weight excluding hydrogens is 339 g/mol. The Kier molecular flexibility index (Phi) is 6.38. The second-order valence-electron chi connectivity index (χ2n) is 5.59. The number of carbonyl (C=O) groups is 2. The lowest BCUT2D eigenvalue weighted by Gasteiger charge is -2.20. The van der Waals surface area contributed by atoms with Crippen molar-refractivity contribution in [2.24, 2.45) is 0 Å². The first-order valence-corrected chi connectivity index (χ1v) is 7.88. The van der Waals surface area contributed by atoms with Crippen molar-refractivity contribution in [3.63, 3.8) is 0 Å². The van der Waals surface area contributed by atoms with Gasteiger partial charge in [0, 0.05) is 25.3 Å². The van der Waals surface area contributed by atoms with Crippen LogP contribution in [0.25, 0.3) is 0 Å². The monoisotopic (exact) mass is 359 g/mol. The van der Waals surface area contributed by atoms with E-state index in [4.69, 9.17) is 4.74 Å². The van der Waals surface area contributed by atoms with Crippen LogP contribution in [0.2, 0.25) is 0 Å². The summed E-state index contributed by atoms with van der Waals surface area (Å²) >= 11 is 0. The van der Waals surface area contributed by atoms with Crippen molar-refractivity contribution in [1.82, 2.24) is 16.0 Å². The van der Waals surface area contributed by atoms with Gasteiger partial charge >= 0.3 is 6.18 Å². The van der Waals surface area contributed by atoms with Crippen LogP contribution in [-0.2, 0) is 15.7 Å². The third-order valence-corrected chi connectivity index (χ3v) is 3.75. The molecule has 2 rings (SSSR count). The molecule has 2 atom stereocenters. The summed E-state index contributed by atoms with van der Waals surface area (Å²) in [4.78, 5) is 23.9. The second kappa shape index (κ2) is 8.30. The number of ether oxygens (including phenoxy) is 1. The first kappa shape index (κ1) is 19.2. The van der Waals surface area contributed by atoms with Crippen molar-refractivity contribution in [3.8, 4) is 0 Å². The molecule has 1 aromatic rings. The van der Waals surface area contributed by atoms with E-state index >= 15 is 0 Å². The van der Waals surface area contributed by atoms with Gasteiger partial charge in [-0.1, -0.05) is 6.07 Å². The Bertz CT molecular complexity index is 622. The van der Waals surface area contributed by atoms with Gasteiger partial charge in [-0.25, -0.2) is 0 Å². The summed E-state index contributed by atoms with van der Waals surface area (Å²) in [6, 6.07) is 3.82. The Morgan fingerprint density at radius 1 is 1.32 bits per heavy atom. The number of rotatable bonds is 6. The van der Waals surface area contributed by atoms with Crippen molar-refractivity contribution >= 4 is 11.8 Å². The van der Waals surface area contributed by atoms with E-state index in [2.05, 4.69) is 16.0 Å². The molecule has 3 N–H and O–H groups in total. The summed E-state index contributed by atoms with van der Waals surface area (Å²) in [5.74, 6) is -1.18. The predicted octanol–water partition coefficient (Wildman–Crippen LogP) is 0.928. The van der Waals surface area contributed by atoms with Gasteiger partial charge in [-0.3, -0.25) is 9.59 Å². The molecule has 9 heteroatoms. The minimum Gasteiger partial charge on any atom is -0.375 e. The standard InChI is InChI=1S/C16H20F3N3O3/c1-2-25-13-8-20-7-12(13)22-14(23)9-21-15(24)10-4-3-5-11(6-10)16(17,18)19/h3-6,12-13,20H,2,7-9H2,1H3,(H,21,24)(H,22,23)/t12?,13-/m0/s1. The van der Waals surface area contributed by atoms with Gasteiger partial charge < -0.3 is 20.7 Å². The smallest absolute Gasteiger partial charge is 0.375 e. The van der Waals surface area contributed by atoms with Crippen LogP contribution in [-0.4, -0.2) is 50.2 Å². The van der Waals surface area contributed by atoms with Crippen LogP contribution in [0.15, 0.2) is 24.3 Å². The molecular formula is C16H20F3N3O3. The second-order valence-corrected chi connectivity index (χ2v) is 5.59. The number of alkyl halides is 3. The molecule has 1 unspecified atom stereocenters. The van der Waals surface area contributed by atoms with Crippen LogP contribution in [0.1, 0.15) is 22.8 Å². The van der Waals surface area contributed by atoms with Crippen LogP contribution in [0.3, 0.4) is 0 Å². The van der Waals surface area contributed by atoms with E-state index in [0.717, 1.165) is 18.2 Å². The molecule has 1 fully saturated rings. The van der Waals surface area contributed by atoms with E-state index in [1.165, 1.54) is 6.07 Å². The van der Waals surface area contributed by atoms with Gasteiger partial charge in [-0.15, -0.1) is 0 Å². The summed E-state index contributed by atoms with van der Waals surface area (Å²) < 4.78 is 43.5. The zero-order chi connectivity index (χ0) is 18.4. The van der Waals surface area contributed by atoms with Crippen molar-refractivity contribution in [2.75, 3.05) is 26.2 Å². The Labute approximate surface area is 143 Å². The maximum Gasteiger partial charge on any atom is 0.416 e. The Morgan fingerprint density at radius 3 is 2.76 bits per heavy atom. The number of carbonyl (C=O) groups excluding carboxylic acids is 2. The number of hydrogen-bond acceptors (Lipinski definition) is 4. The van der Waals surface area contributed by atoms with E-state index in [0.29, 0.717) is 19.7 Å². The highest BCUT2D eigenvalue weighted by Crippen LogP contribution is 2.29. The summed E-state index contributed by atoms with van der Waals surface area (Å²) in [6.45, 7) is 3.22. The third kappa shape index (κ3) is 5.43. The van der Waals surface area contributed by atoms with E-state index < -0.39 is 23.6 Å². The maximum absolute atomic E-state index is 12.7. The van der Waals surface area contributed by atoms with Gasteiger partial charge in [0.05, 0.1) is 24.3 Å². The van der Waals surface area contributed by atoms with Crippen molar-refractivity contribution in [3.05, 3.63) is 35.4 Å². The van der Waals surface area contributed by atoms with Gasteiger partial charge in [0.1, 0.15) is 0 Å². The van der Waals surface area contributed by atoms with Gasteiger partial charge in [-0.05, 0) is 25.1 Å². The minimum absolute atomic E-state index is 0.145. The molecule has 0 saturated carbocycles. The minimum atomic E-state index is -4.53. The van der Waals surface area contributed by atoms with E-state index in [1.54, 1.807) is 0 Å². The van der Waals surface area contributed by atoms with E-state index in [9.17, 15) is 22.8 Å². The fourth-order valence-corrected chi connectivity index (χ4v) is 2.55. The first-order chi connectivity index (χ1) is 11.8. The molecule has 1 saturated heterocycles. The molecule has 1 aromatic carbocycles. The highest BCUT2D eigenvalue weighted by Gasteiger charge is 2.31. The summed E-state index contributed by atoms with van der Waals surface area (Å²) in [7, 11) is 0. The predicted molar refractivity (Wildman–Crippen MR) is 84.0 cm³/mol. The SMILES string of the molecule is CCO[C@H]1CNCC1NC(=O)CNC(=O)c1cccc(C(F)(F)F)c1. The lowest BCUT2D eigenvalue weighted by Crippen LogP contribution is -2.47. The maximum atomic E-state index is 12.7. The number of benzene rings is 1. The normalized spacial score (nSPS) is 20.3. The first-order valence-electron chi connectivity index (χ1n) is 7.88. The largest absolute Gasteiger partial charge is 0.416 e. The van der Waals surface area contributed by atoms with Crippen LogP contribution < -0.4 is 16.0 Å². The fraction of sp³-hybridized carbons (Fsp3) is 0.500. The molecule has 2 amide bonds. The molecule has 1 aliphatic rings. The molecule has 6 nitrogen and oxygen atoms in total. The molecule has 0 radical (unpaired) electrons. The zero-order valence-corrected chi connectivity index (χ0v) is 13.7. The third-order valence-electron chi connectivity index (χ3n) is 3.75. The van der Waals surface area contributed by atoms with Crippen LogP contribution in [0.5, 0.6) is 0 Å². The number of nitrogens with one attached hydrogen (secondary N) is 3. The van der Waals surface area contributed by atoms with Crippen molar-refractivity contribution < 1.29 is 27.5 Å². The lowest BCUT2D eigenvalue weighted by atomic mass is 10.1. The topological polar surface area (TPSA) is 79.5 Å². The van der Waals surface area contributed by atoms with Gasteiger partial charge in [0.15, 0.2) is 0 Å². The highest BCUT2D eigenvalue weighted by molar-refractivity contribution is 5.96. The van der Waals surface area contributed by atoms with Crippen molar-refractivity contribution in [1.29, 1.82) is 0 Å². The van der Waals surface area contributed by atoms with Crippen LogP contribution in [0, 0.1) is 0 Å². The highest BCUT2D eigenvalue weighted by atomic mass is 19.4. The quantitative estimate of drug-likeness (QED) is 0.706. The number of hydrogen-bond donors (Lipinski definition) is 3. The molecule has 0 aromatic heterocycles. The molecule has 1 heterocycles. The van der Waals surface area contributed by atoms with Crippen LogP contribution in [0.4, 0.5) is 13.2 Å². The Hall–Kier alpha value is -2.13. The van der Waals surface area contributed by atoms with E-state index in [1.807, 2.05) is 6.92 Å². The lowest BCUT2D eigenvalue weighted by molar-refractivity contribution is -0.137. The molecule has 0 aliphatic carbocycles. The Morgan fingerprint density at radius 2 is 2.08 bits per heavy atom. The van der Waals surface area contributed by atoms with Gasteiger partial charge in [-0.2, -0.15) is 13.2 Å². The Balaban J connectivity index is 1.86. The van der Waals surface area contributed by atoms with Crippen molar-refractivity contribution in [2.45, 2.75) is 25.2 Å². The molecule has 25 heavy (non-hydrogen) atoms. The fourth-order valence-electron chi connectivity index (χ4n) is 2.55. The van der Waals surface area contributed by atoms with Gasteiger partial charge in [0.2, 0.25) is 5.91 Å². The summed E-state index contributed by atoms with van der Waals surface area (Å²) in [5.41, 5.74) is -1.07. The summed E-state index contributed by atoms with van der Waals surface area (Å²) in [6.07, 6.45) is -4.68. The average Bonchev–Trinajstić information content (AvgIpc) is 2.99. The number of amides is 2. The molecule has 138 valence electrons.